The molecule has 0 unspecified atom stereocenters. The van der Waals surface area contributed by atoms with Gasteiger partial charge in [-0.25, -0.2) is 9.78 Å². The van der Waals surface area contributed by atoms with Crippen LogP contribution >= 0.6 is 0 Å². The van der Waals surface area contributed by atoms with E-state index in [1.807, 2.05) is 12.1 Å². The highest BCUT2D eigenvalue weighted by Gasteiger charge is 2.27. The highest BCUT2D eigenvalue weighted by Crippen LogP contribution is 2.39. The first kappa shape index (κ1) is 12.8. The summed E-state index contributed by atoms with van der Waals surface area (Å²) in [6.07, 6.45) is 4.22. The molecule has 3 heterocycles. The van der Waals surface area contributed by atoms with Crippen LogP contribution in [-0.2, 0) is 4.74 Å². The molecule has 1 aliphatic carbocycles. The van der Waals surface area contributed by atoms with E-state index in [1.54, 1.807) is 4.57 Å². The molecule has 6 heteroatoms. The van der Waals surface area contributed by atoms with E-state index in [2.05, 4.69) is 4.98 Å². The van der Waals surface area contributed by atoms with Crippen LogP contribution in [0.15, 0.2) is 16.9 Å². The van der Waals surface area contributed by atoms with Crippen molar-refractivity contribution in [3.63, 3.8) is 0 Å². The number of aromatic nitrogens is 3. The average molecular weight is 286 g/mol. The standard InChI is InChI=1S/C15H18N4O2/c16-13-11-5-6-12(9-3-4-9)17-14(11)19(15(20)18-13)10-2-1-7-21-8-10/h5-6,9-10H,1-4,7-8H2,(H2,16,18,20)/t10-/m0/s1. The molecular weight excluding hydrogens is 268 g/mol. The zero-order valence-electron chi connectivity index (χ0n) is 11.8. The lowest BCUT2D eigenvalue weighted by Gasteiger charge is -2.25. The molecule has 110 valence electrons. The van der Waals surface area contributed by atoms with E-state index >= 15 is 0 Å². The minimum Gasteiger partial charge on any atom is -0.383 e. The number of ether oxygens (including phenoxy) is 1. The summed E-state index contributed by atoms with van der Waals surface area (Å²) in [5.74, 6) is 0.799. The Balaban J connectivity index is 1.93. The fraction of sp³-hybridized carbons (Fsp3) is 0.533. The van der Waals surface area contributed by atoms with Gasteiger partial charge in [-0.15, -0.1) is 0 Å². The topological polar surface area (TPSA) is 83.0 Å². The molecule has 2 aromatic heterocycles. The van der Waals surface area contributed by atoms with Crippen molar-refractivity contribution in [2.75, 3.05) is 18.9 Å². The Morgan fingerprint density at radius 3 is 2.81 bits per heavy atom. The fourth-order valence-corrected chi connectivity index (χ4v) is 3.02. The van der Waals surface area contributed by atoms with Crippen molar-refractivity contribution >= 4 is 16.9 Å². The van der Waals surface area contributed by atoms with Crippen molar-refractivity contribution in [3.05, 3.63) is 28.3 Å². The largest absolute Gasteiger partial charge is 0.383 e. The van der Waals surface area contributed by atoms with Crippen LogP contribution in [0.5, 0.6) is 0 Å². The first-order valence-electron chi connectivity index (χ1n) is 7.50. The van der Waals surface area contributed by atoms with Gasteiger partial charge in [0, 0.05) is 18.2 Å². The van der Waals surface area contributed by atoms with Gasteiger partial charge in [-0.3, -0.25) is 4.57 Å². The van der Waals surface area contributed by atoms with Gasteiger partial charge >= 0.3 is 5.69 Å². The molecule has 0 spiro atoms. The number of rotatable bonds is 2. The average Bonchev–Trinajstić information content (AvgIpc) is 3.32. The van der Waals surface area contributed by atoms with Crippen LogP contribution in [0.4, 0.5) is 5.82 Å². The molecule has 0 bridgehead atoms. The highest BCUT2D eigenvalue weighted by molar-refractivity contribution is 5.85. The molecule has 1 aliphatic heterocycles. The van der Waals surface area contributed by atoms with Gasteiger partial charge in [0.2, 0.25) is 0 Å². The first-order valence-corrected chi connectivity index (χ1v) is 7.50. The fourth-order valence-electron chi connectivity index (χ4n) is 3.02. The summed E-state index contributed by atoms with van der Waals surface area (Å²) >= 11 is 0. The lowest BCUT2D eigenvalue weighted by atomic mass is 10.1. The van der Waals surface area contributed by atoms with Crippen LogP contribution in [0.25, 0.3) is 11.0 Å². The van der Waals surface area contributed by atoms with Gasteiger partial charge < -0.3 is 10.5 Å². The smallest absolute Gasteiger partial charge is 0.351 e. The second kappa shape index (κ2) is 4.80. The van der Waals surface area contributed by atoms with Gasteiger partial charge in [-0.05, 0) is 37.8 Å². The summed E-state index contributed by atoms with van der Waals surface area (Å²) in [6.45, 7) is 1.29. The zero-order chi connectivity index (χ0) is 14.4. The monoisotopic (exact) mass is 286 g/mol. The van der Waals surface area contributed by atoms with Crippen molar-refractivity contribution in [3.8, 4) is 0 Å². The Bertz CT molecular complexity index is 745. The Labute approximate surface area is 122 Å². The molecule has 0 aromatic carbocycles. The number of hydrogen-bond donors (Lipinski definition) is 1. The maximum atomic E-state index is 12.3. The first-order chi connectivity index (χ1) is 10.2. The number of nitrogens with zero attached hydrogens (tertiary/aromatic N) is 3. The Kier molecular flexibility index (Phi) is 2.92. The molecule has 21 heavy (non-hydrogen) atoms. The molecule has 0 amide bonds. The molecule has 2 fully saturated rings. The molecule has 2 aliphatic rings. The van der Waals surface area contributed by atoms with Gasteiger partial charge in [0.05, 0.1) is 18.0 Å². The van der Waals surface area contributed by atoms with E-state index in [1.165, 1.54) is 12.8 Å². The van der Waals surface area contributed by atoms with Crippen molar-refractivity contribution in [1.82, 2.24) is 14.5 Å². The van der Waals surface area contributed by atoms with Gasteiger partial charge in [-0.2, -0.15) is 4.98 Å². The van der Waals surface area contributed by atoms with Gasteiger partial charge in [0.1, 0.15) is 11.5 Å². The second-order valence-electron chi connectivity index (χ2n) is 5.90. The van der Waals surface area contributed by atoms with Gasteiger partial charge in [-0.1, -0.05) is 0 Å². The van der Waals surface area contributed by atoms with Crippen molar-refractivity contribution in [2.24, 2.45) is 0 Å². The maximum absolute atomic E-state index is 12.3. The van der Waals surface area contributed by atoms with E-state index in [-0.39, 0.29) is 17.5 Å². The minimum absolute atomic E-state index is 0.00352. The van der Waals surface area contributed by atoms with E-state index in [9.17, 15) is 4.79 Å². The van der Waals surface area contributed by atoms with Crippen LogP contribution in [0.3, 0.4) is 0 Å². The molecule has 1 atom stereocenters. The summed E-state index contributed by atoms with van der Waals surface area (Å²) in [4.78, 5) is 21.0. The molecule has 0 radical (unpaired) electrons. The van der Waals surface area contributed by atoms with E-state index in [4.69, 9.17) is 15.5 Å². The number of pyridine rings is 1. The predicted octanol–water partition coefficient (Wildman–Crippen LogP) is 1.60. The molecular formula is C15H18N4O2. The van der Waals surface area contributed by atoms with Crippen molar-refractivity contribution in [1.29, 1.82) is 0 Å². The molecule has 2 N–H and O–H groups in total. The lowest BCUT2D eigenvalue weighted by Crippen LogP contribution is -2.33. The molecule has 1 saturated carbocycles. The number of nitrogens with two attached hydrogens (primary N) is 1. The van der Waals surface area contributed by atoms with Crippen LogP contribution in [0.2, 0.25) is 0 Å². The third-order valence-electron chi connectivity index (χ3n) is 4.32. The third-order valence-corrected chi connectivity index (χ3v) is 4.32. The Morgan fingerprint density at radius 1 is 1.24 bits per heavy atom. The van der Waals surface area contributed by atoms with Crippen molar-refractivity contribution < 1.29 is 4.74 Å². The highest BCUT2D eigenvalue weighted by atomic mass is 16.5. The Morgan fingerprint density at radius 2 is 2.10 bits per heavy atom. The number of hydrogen-bond acceptors (Lipinski definition) is 5. The summed E-state index contributed by atoms with van der Waals surface area (Å²) < 4.78 is 7.19. The van der Waals surface area contributed by atoms with E-state index in [0.29, 0.717) is 18.2 Å². The minimum atomic E-state index is -0.323. The molecule has 1 saturated heterocycles. The molecule has 2 aromatic rings. The summed E-state index contributed by atoms with van der Waals surface area (Å²) in [6, 6.07) is 3.95. The number of anilines is 1. The molecule has 6 nitrogen and oxygen atoms in total. The second-order valence-corrected chi connectivity index (χ2v) is 5.90. The Hall–Kier alpha value is -1.95. The van der Waals surface area contributed by atoms with Gasteiger partial charge in [0.15, 0.2) is 0 Å². The number of fused-ring (bicyclic) bond motifs is 1. The predicted molar refractivity (Wildman–Crippen MR) is 79.3 cm³/mol. The van der Waals surface area contributed by atoms with E-state index < -0.39 is 0 Å². The van der Waals surface area contributed by atoms with Crippen LogP contribution in [0, 0.1) is 0 Å². The van der Waals surface area contributed by atoms with Crippen LogP contribution < -0.4 is 11.4 Å². The normalized spacial score (nSPS) is 22.6. The van der Waals surface area contributed by atoms with Crippen molar-refractivity contribution in [2.45, 2.75) is 37.6 Å². The maximum Gasteiger partial charge on any atom is 0.351 e. The summed E-state index contributed by atoms with van der Waals surface area (Å²) in [7, 11) is 0. The number of nitrogen functional groups attached to an aromatic ring is 1. The van der Waals surface area contributed by atoms with Crippen LogP contribution in [0.1, 0.15) is 43.3 Å². The SMILES string of the molecule is Nc1nc(=O)n([C@H]2CCCOC2)c2nc(C3CC3)ccc12. The van der Waals surface area contributed by atoms with Crippen LogP contribution in [-0.4, -0.2) is 27.7 Å². The third kappa shape index (κ3) is 2.19. The lowest BCUT2D eigenvalue weighted by molar-refractivity contribution is 0.0589. The zero-order valence-corrected chi connectivity index (χ0v) is 11.8. The summed E-state index contributed by atoms with van der Waals surface area (Å²) in [5.41, 5.74) is 7.29. The summed E-state index contributed by atoms with van der Waals surface area (Å²) in [5, 5.41) is 0.754. The van der Waals surface area contributed by atoms with Gasteiger partial charge in [0.25, 0.3) is 0 Å². The quantitative estimate of drug-likeness (QED) is 0.906. The molecule has 4 rings (SSSR count). The van der Waals surface area contributed by atoms with E-state index in [0.717, 1.165) is 30.5 Å².